The zero-order chi connectivity index (χ0) is 26.9. The molecule has 6 rings (SSSR count). The van der Waals surface area contributed by atoms with Crippen molar-refractivity contribution in [2.75, 3.05) is 49.5 Å². The van der Waals surface area contributed by atoms with Crippen molar-refractivity contribution in [1.29, 1.82) is 0 Å². The Morgan fingerprint density at radius 1 is 0.897 bits per heavy atom. The summed E-state index contributed by atoms with van der Waals surface area (Å²) < 4.78 is 41.5. The highest BCUT2D eigenvalue weighted by atomic mass is 19.2. The molecule has 0 radical (unpaired) electrons. The van der Waals surface area contributed by atoms with Crippen LogP contribution >= 0.6 is 0 Å². The van der Waals surface area contributed by atoms with Gasteiger partial charge in [0, 0.05) is 67.7 Å². The number of nitrogens with zero attached hydrogens (tertiary/aromatic N) is 4. The van der Waals surface area contributed by atoms with Crippen molar-refractivity contribution in [2.24, 2.45) is 0 Å². The first-order valence-corrected chi connectivity index (χ1v) is 13.7. The van der Waals surface area contributed by atoms with Crippen LogP contribution in [0.1, 0.15) is 41.6 Å². The molecule has 1 N–H and O–H groups in total. The molecule has 1 atom stereocenters. The Bertz CT molecular complexity index is 1360. The normalized spacial score (nSPS) is 19.3. The first-order valence-electron chi connectivity index (χ1n) is 13.7. The van der Waals surface area contributed by atoms with E-state index in [0.717, 1.165) is 61.9 Å². The van der Waals surface area contributed by atoms with Crippen molar-refractivity contribution < 1.29 is 18.0 Å². The van der Waals surface area contributed by atoms with Gasteiger partial charge in [-0.25, -0.2) is 18.2 Å². The third-order valence-electron chi connectivity index (χ3n) is 8.10. The van der Waals surface area contributed by atoms with E-state index in [0.29, 0.717) is 30.5 Å². The van der Waals surface area contributed by atoms with Crippen molar-refractivity contribution >= 4 is 17.4 Å². The number of likely N-dealkylation sites (tertiary alicyclic amines) is 2. The highest BCUT2D eigenvalue weighted by Crippen LogP contribution is 2.33. The van der Waals surface area contributed by atoms with Crippen LogP contribution in [0.15, 0.2) is 48.7 Å². The number of fused-ring (bicyclic) bond motifs is 1. The van der Waals surface area contributed by atoms with Crippen molar-refractivity contribution in [2.45, 2.75) is 38.3 Å². The zero-order valence-corrected chi connectivity index (χ0v) is 21.8. The van der Waals surface area contributed by atoms with E-state index in [2.05, 4.69) is 15.2 Å². The molecule has 0 saturated carbocycles. The van der Waals surface area contributed by atoms with Gasteiger partial charge in [0.1, 0.15) is 11.6 Å². The molecule has 9 heteroatoms. The molecule has 2 fully saturated rings. The van der Waals surface area contributed by atoms with Crippen LogP contribution in [0.4, 0.5) is 24.7 Å². The van der Waals surface area contributed by atoms with Crippen LogP contribution in [0.2, 0.25) is 0 Å². The fourth-order valence-corrected chi connectivity index (χ4v) is 6.00. The van der Waals surface area contributed by atoms with Gasteiger partial charge in [0.2, 0.25) is 0 Å². The number of pyridine rings is 1. The highest BCUT2D eigenvalue weighted by molar-refractivity contribution is 5.95. The summed E-state index contributed by atoms with van der Waals surface area (Å²) in [5.74, 6) is -2.32. The summed E-state index contributed by atoms with van der Waals surface area (Å²) in [4.78, 5) is 24.3. The van der Waals surface area contributed by atoms with Gasteiger partial charge in [0.25, 0.3) is 5.91 Å². The molecule has 204 valence electrons. The third-order valence-corrected chi connectivity index (χ3v) is 8.10. The number of carbonyl (C=O) groups excluding carboxylic acids is 1. The van der Waals surface area contributed by atoms with Gasteiger partial charge < -0.3 is 20.0 Å². The number of hydrogen-bond donors (Lipinski definition) is 1. The summed E-state index contributed by atoms with van der Waals surface area (Å²) in [6.07, 6.45) is 6.35. The Hall–Kier alpha value is -3.59. The lowest BCUT2D eigenvalue weighted by molar-refractivity contribution is 0.0709. The lowest BCUT2D eigenvalue weighted by Gasteiger charge is -2.32. The number of rotatable bonds is 6. The van der Waals surface area contributed by atoms with Crippen LogP contribution in [0.5, 0.6) is 0 Å². The van der Waals surface area contributed by atoms with Crippen LogP contribution in [0, 0.1) is 17.5 Å². The Labute approximate surface area is 226 Å². The molecular formula is C30H32F3N5O. The van der Waals surface area contributed by atoms with Gasteiger partial charge in [-0.2, -0.15) is 0 Å². The molecule has 2 saturated heterocycles. The molecule has 3 aromatic rings. The van der Waals surface area contributed by atoms with Crippen molar-refractivity contribution in [1.82, 2.24) is 14.8 Å². The van der Waals surface area contributed by atoms with E-state index < -0.39 is 17.5 Å². The van der Waals surface area contributed by atoms with Crippen LogP contribution in [-0.2, 0) is 6.54 Å². The SMILES string of the molecule is O=C(c1ccc(-c2cnc3c(c2)N(Cc2cc(F)c(F)cc2F)CCN3)cc1)N1CCCC1CN1CCCC1. The van der Waals surface area contributed by atoms with E-state index in [1.165, 1.54) is 12.8 Å². The number of aromatic nitrogens is 1. The van der Waals surface area contributed by atoms with E-state index in [4.69, 9.17) is 0 Å². The van der Waals surface area contributed by atoms with Gasteiger partial charge in [0.15, 0.2) is 11.6 Å². The standard InChI is InChI=1S/C30H32F3N5O/c31-25-16-27(33)26(32)14-23(25)18-37-13-9-34-29-28(37)15-22(17-35-29)20-5-7-21(8-6-20)30(39)38-12-3-4-24(38)19-36-10-1-2-11-36/h5-8,14-17,24H,1-4,9-13,18-19H2,(H,34,35). The number of hydrogen-bond acceptors (Lipinski definition) is 5. The number of amides is 1. The topological polar surface area (TPSA) is 51.7 Å². The summed E-state index contributed by atoms with van der Waals surface area (Å²) in [6, 6.07) is 11.3. The van der Waals surface area contributed by atoms with Gasteiger partial charge in [-0.15, -0.1) is 0 Å². The second-order valence-electron chi connectivity index (χ2n) is 10.7. The third kappa shape index (κ3) is 5.32. The molecule has 39 heavy (non-hydrogen) atoms. The number of benzene rings is 2. The van der Waals surface area contributed by atoms with Crippen LogP contribution in [0.25, 0.3) is 11.1 Å². The molecule has 0 bridgehead atoms. The molecule has 6 nitrogen and oxygen atoms in total. The molecule has 0 aliphatic carbocycles. The van der Waals surface area contributed by atoms with Crippen molar-refractivity contribution in [3.63, 3.8) is 0 Å². The minimum Gasteiger partial charge on any atom is -0.367 e. The zero-order valence-electron chi connectivity index (χ0n) is 21.8. The van der Waals surface area contributed by atoms with Gasteiger partial charge in [-0.1, -0.05) is 12.1 Å². The molecule has 1 amide bonds. The second-order valence-corrected chi connectivity index (χ2v) is 10.7. The Morgan fingerprint density at radius 2 is 1.67 bits per heavy atom. The molecular weight excluding hydrogens is 503 g/mol. The van der Waals surface area contributed by atoms with Crippen molar-refractivity contribution in [3.8, 4) is 11.1 Å². The van der Waals surface area contributed by atoms with Crippen molar-refractivity contribution in [3.05, 3.63) is 77.2 Å². The number of anilines is 2. The second kappa shape index (κ2) is 10.9. The maximum absolute atomic E-state index is 14.3. The Balaban J connectivity index is 1.19. The van der Waals surface area contributed by atoms with Crippen LogP contribution < -0.4 is 10.2 Å². The average Bonchev–Trinajstić information content (AvgIpc) is 3.64. The lowest BCUT2D eigenvalue weighted by atomic mass is 10.0. The van der Waals surface area contributed by atoms with Gasteiger partial charge >= 0.3 is 0 Å². The number of halogens is 3. The smallest absolute Gasteiger partial charge is 0.254 e. The molecule has 4 heterocycles. The summed E-state index contributed by atoms with van der Waals surface area (Å²) >= 11 is 0. The molecule has 3 aliphatic heterocycles. The molecule has 3 aliphatic rings. The van der Waals surface area contributed by atoms with E-state index in [1.807, 2.05) is 40.1 Å². The molecule has 1 aromatic heterocycles. The maximum Gasteiger partial charge on any atom is 0.254 e. The lowest BCUT2D eigenvalue weighted by Crippen LogP contribution is -2.42. The molecule has 1 unspecified atom stereocenters. The van der Waals surface area contributed by atoms with Crippen LogP contribution in [-0.4, -0.2) is 66.0 Å². The highest BCUT2D eigenvalue weighted by Gasteiger charge is 2.31. The maximum atomic E-state index is 14.3. The monoisotopic (exact) mass is 535 g/mol. The fraction of sp³-hybridized carbons (Fsp3) is 0.400. The Morgan fingerprint density at radius 3 is 2.46 bits per heavy atom. The Kier molecular flexibility index (Phi) is 7.16. The molecule has 2 aromatic carbocycles. The van der Waals surface area contributed by atoms with Gasteiger partial charge in [-0.05, 0) is 68.6 Å². The number of carbonyl (C=O) groups is 1. The average molecular weight is 536 g/mol. The first-order chi connectivity index (χ1) is 19.0. The summed E-state index contributed by atoms with van der Waals surface area (Å²) in [5.41, 5.74) is 3.27. The summed E-state index contributed by atoms with van der Waals surface area (Å²) in [6.45, 7) is 5.26. The number of nitrogens with one attached hydrogen (secondary N) is 1. The van der Waals surface area contributed by atoms with E-state index in [-0.39, 0.29) is 24.1 Å². The van der Waals surface area contributed by atoms with E-state index >= 15 is 0 Å². The minimum atomic E-state index is -1.20. The van der Waals surface area contributed by atoms with Gasteiger partial charge in [0.05, 0.1) is 5.69 Å². The first kappa shape index (κ1) is 25.7. The predicted molar refractivity (Wildman–Crippen MR) is 145 cm³/mol. The van der Waals surface area contributed by atoms with Crippen LogP contribution in [0.3, 0.4) is 0 Å². The van der Waals surface area contributed by atoms with E-state index in [9.17, 15) is 18.0 Å². The summed E-state index contributed by atoms with van der Waals surface area (Å²) in [5, 5.41) is 3.24. The van der Waals surface area contributed by atoms with E-state index in [1.54, 1.807) is 6.20 Å². The fourth-order valence-electron chi connectivity index (χ4n) is 6.00. The minimum absolute atomic E-state index is 0.0794. The summed E-state index contributed by atoms with van der Waals surface area (Å²) in [7, 11) is 0. The largest absolute Gasteiger partial charge is 0.367 e. The van der Waals surface area contributed by atoms with Gasteiger partial charge in [-0.3, -0.25) is 4.79 Å². The molecule has 0 spiro atoms. The predicted octanol–water partition coefficient (Wildman–Crippen LogP) is 5.30. The quantitative estimate of drug-likeness (QED) is 0.435.